The topological polar surface area (TPSA) is 146 Å². The molecule has 0 heterocycles. The second kappa shape index (κ2) is 8.69. The van der Waals surface area contributed by atoms with E-state index < -0.39 is 23.3 Å². The zero-order valence-electron chi connectivity index (χ0n) is 18.9. The molecule has 2 aliphatic rings. The van der Waals surface area contributed by atoms with Gasteiger partial charge in [-0.1, -0.05) is 60.7 Å². The van der Waals surface area contributed by atoms with Crippen LogP contribution in [0.15, 0.2) is 78.9 Å². The minimum atomic E-state index is -1.32. The molecule has 6 rings (SSSR count). The normalized spacial score (nSPS) is 13.0. The third kappa shape index (κ3) is 3.68. The van der Waals surface area contributed by atoms with E-state index >= 15 is 0 Å². The molecule has 0 spiro atoms. The van der Waals surface area contributed by atoms with E-state index in [2.05, 4.69) is 0 Å². The van der Waals surface area contributed by atoms with Crippen LogP contribution >= 0.6 is 0 Å². The van der Waals surface area contributed by atoms with Gasteiger partial charge in [0.2, 0.25) is 5.78 Å². The second-order valence-corrected chi connectivity index (χ2v) is 8.33. The molecule has 0 saturated carbocycles. The third-order valence-electron chi connectivity index (χ3n) is 6.18. The summed E-state index contributed by atoms with van der Waals surface area (Å²) in [4.78, 5) is 59.9. The molecule has 3 N–H and O–H groups in total. The molecule has 0 bridgehead atoms. The van der Waals surface area contributed by atoms with Gasteiger partial charge in [0.1, 0.15) is 11.5 Å². The Morgan fingerprint density at radius 1 is 0.486 bits per heavy atom. The molecule has 8 nitrogen and oxygen atoms in total. The summed E-state index contributed by atoms with van der Waals surface area (Å²) in [7, 11) is 0. The minimum absolute atomic E-state index is 0.0190. The fraction of sp³-hybridized carbons (Fsp3) is 0. The molecule has 0 radical (unpaired) electrons. The summed E-state index contributed by atoms with van der Waals surface area (Å²) in [6, 6.07) is 19.9. The lowest BCUT2D eigenvalue weighted by atomic mass is 9.82. The number of carboxylic acid groups (broad SMARTS) is 1. The van der Waals surface area contributed by atoms with Crippen molar-refractivity contribution >= 4 is 29.1 Å². The van der Waals surface area contributed by atoms with Crippen molar-refractivity contribution in [1.29, 1.82) is 0 Å². The Bertz CT molecular complexity index is 1590. The van der Waals surface area contributed by atoms with Gasteiger partial charge in [-0.25, -0.2) is 4.79 Å². The van der Waals surface area contributed by atoms with Gasteiger partial charge in [-0.3, -0.25) is 19.2 Å². The van der Waals surface area contributed by atoms with E-state index in [9.17, 15) is 34.2 Å². The van der Waals surface area contributed by atoms with Crippen LogP contribution in [0, 0.1) is 0 Å². The van der Waals surface area contributed by atoms with Crippen LogP contribution in [0.5, 0.6) is 11.5 Å². The fourth-order valence-electron chi connectivity index (χ4n) is 4.45. The van der Waals surface area contributed by atoms with Crippen LogP contribution in [0.1, 0.15) is 74.0 Å². The van der Waals surface area contributed by atoms with Crippen LogP contribution in [-0.2, 0) is 0 Å². The van der Waals surface area contributed by atoms with E-state index in [0.717, 1.165) is 12.1 Å². The van der Waals surface area contributed by atoms with Crippen molar-refractivity contribution < 1.29 is 39.3 Å². The molecule has 0 aromatic heterocycles. The number of carboxylic acids is 1. The maximum absolute atomic E-state index is 12.4. The van der Waals surface area contributed by atoms with Gasteiger partial charge in [0.05, 0.1) is 16.7 Å². The summed E-state index contributed by atoms with van der Waals surface area (Å²) in [6.07, 6.45) is 0. The number of ketones is 4. The van der Waals surface area contributed by atoms with Crippen molar-refractivity contribution in [2.75, 3.05) is 0 Å². The number of hydrogen-bond donors (Lipinski definition) is 3. The van der Waals surface area contributed by atoms with Crippen LogP contribution in [0.3, 0.4) is 0 Å². The van der Waals surface area contributed by atoms with Crippen molar-refractivity contribution in [3.63, 3.8) is 0 Å². The third-order valence-corrected chi connectivity index (χ3v) is 6.18. The van der Waals surface area contributed by atoms with Gasteiger partial charge >= 0.3 is 5.97 Å². The first-order chi connectivity index (χ1) is 17.7. The molecule has 37 heavy (non-hydrogen) atoms. The molecule has 0 atom stereocenters. The number of phenolic OH excluding ortho intramolecular Hbond substituents is 2. The highest BCUT2D eigenvalue weighted by molar-refractivity contribution is 6.30. The Morgan fingerprint density at radius 3 is 1.41 bits per heavy atom. The monoisotopic (exact) mass is 492 g/mol. The van der Waals surface area contributed by atoms with Crippen molar-refractivity contribution in [3.05, 3.63) is 129 Å². The second-order valence-electron chi connectivity index (χ2n) is 8.33. The molecule has 0 fully saturated rings. The van der Waals surface area contributed by atoms with E-state index in [0.29, 0.717) is 22.3 Å². The van der Waals surface area contributed by atoms with Crippen molar-refractivity contribution in [2.24, 2.45) is 0 Å². The van der Waals surface area contributed by atoms with Crippen molar-refractivity contribution in [1.82, 2.24) is 0 Å². The van der Waals surface area contributed by atoms with Crippen molar-refractivity contribution in [3.8, 4) is 11.5 Å². The number of hydrogen-bond acceptors (Lipinski definition) is 7. The number of aromatic hydroxyl groups is 2. The lowest BCUT2D eigenvalue weighted by Gasteiger charge is -2.19. The zero-order valence-corrected chi connectivity index (χ0v) is 18.9. The summed E-state index contributed by atoms with van der Waals surface area (Å²) >= 11 is 0. The lowest BCUT2D eigenvalue weighted by molar-refractivity contribution is 0.0695. The SMILES string of the molecule is O=C(O)c1cc(O)c2c(c1)C(=O)c1cccc(O)c1C2=O.O=C1c2ccccc2C(=O)c2ccccc21. The number of fused-ring (bicyclic) bond motifs is 4. The average Bonchev–Trinajstić information content (AvgIpc) is 2.90. The summed E-state index contributed by atoms with van der Waals surface area (Å²) in [5.41, 5.74) is 1.04. The highest BCUT2D eigenvalue weighted by Crippen LogP contribution is 2.37. The van der Waals surface area contributed by atoms with E-state index in [4.69, 9.17) is 5.11 Å². The predicted molar refractivity (Wildman–Crippen MR) is 130 cm³/mol. The quantitative estimate of drug-likeness (QED) is 0.312. The van der Waals surface area contributed by atoms with Crippen LogP contribution in [0.25, 0.3) is 0 Å². The first kappa shape index (κ1) is 23.4. The molecule has 8 heteroatoms. The zero-order chi connectivity index (χ0) is 26.4. The first-order valence-corrected chi connectivity index (χ1v) is 11.0. The maximum Gasteiger partial charge on any atom is 0.335 e. The Morgan fingerprint density at radius 2 is 0.919 bits per heavy atom. The Balaban J connectivity index is 0.000000157. The number of benzene rings is 4. The van der Waals surface area contributed by atoms with E-state index in [1.165, 1.54) is 18.2 Å². The lowest BCUT2D eigenvalue weighted by Crippen LogP contribution is -2.22. The number of carbonyl (C=O) groups is 5. The maximum atomic E-state index is 12.4. The molecule has 4 aromatic carbocycles. The van der Waals surface area contributed by atoms with Gasteiger partial charge in [-0.05, 0) is 18.2 Å². The van der Waals surface area contributed by atoms with Gasteiger partial charge in [-0.2, -0.15) is 0 Å². The van der Waals surface area contributed by atoms with Gasteiger partial charge in [-0.15, -0.1) is 0 Å². The van der Waals surface area contributed by atoms with Crippen molar-refractivity contribution in [2.45, 2.75) is 0 Å². The van der Waals surface area contributed by atoms with E-state index in [1.54, 1.807) is 48.5 Å². The highest BCUT2D eigenvalue weighted by atomic mass is 16.4. The number of aromatic carboxylic acids is 1. The minimum Gasteiger partial charge on any atom is -0.507 e. The van der Waals surface area contributed by atoms with Gasteiger partial charge in [0, 0.05) is 33.4 Å². The number of phenols is 2. The molecule has 0 aliphatic heterocycles. The largest absolute Gasteiger partial charge is 0.507 e. The Kier molecular flexibility index (Phi) is 5.49. The highest BCUT2D eigenvalue weighted by Gasteiger charge is 2.35. The number of carbonyl (C=O) groups excluding carboxylic acids is 4. The molecule has 0 unspecified atom stereocenters. The molecule has 0 amide bonds. The molecular weight excluding hydrogens is 476 g/mol. The molecule has 4 aromatic rings. The van der Waals surface area contributed by atoms with Crippen LogP contribution in [0.2, 0.25) is 0 Å². The molecular formula is C29H16O8. The van der Waals surface area contributed by atoms with Gasteiger partial charge < -0.3 is 15.3 Å². The molecule has 2 aliphatic carbocycles. The summed E-state index contributed by atoms with van der Waals surface area (Å²) in [5, 5.41) is 28.6. The van der Waals surface area contributed by atoms with Gasteiger partial charge in [0.15, 0.2) is 17.3 Å². The van der Waals surface area contributed by atoms with Crippen LogP contribution in [0.4, 0.5) is 0 Å². The summed E-state index contributed by atoms with van der Waals surface area (Å²) < 4.78 is 0. The predicted octanol–water partition coefficient (Wildman–Crippen LogP) is 4.03. The van der Waals surface area contributed by atoms with Crippen LogP contribution in [-0.4, -0.2) is 44.4 Å². The average molecular weight is 492 g/mol. The summed E-state index contributed by atoms with van der Waals surface area (Å²) in [5.74, 6) is -3.75. The summed E-state index contributed by atoms with van der Waals surface area (Å²) in [6.45, 7) is 0. The fourth-order valence-corrected chi connectivity index (χ4v) is 4.45. The van der Waals surface area contributed by atoms with Gasteiger partial charge in [0.25, 0.3) is 0 Å². The Labute approximate surface area is 209 Å². The molecule has 0 saturated heterocycles. The molecule has 180 valence electrons. The van der Waals surface area contributed by atoms with E-state index in [1.807, 2.05) is 0 Å². The first-order valence-electron chi connectivity index (χ1n) is 11.0. The smallest absolute Gasteiger partial charge is 0.335 e. The number of rotatable bonds is 1. The standard InChI is InChI=1S/C15H8O6.C14H8O2/c16-9-3-1-2-7-11(9)14(19)12-8(13(7)18)4-6(15(20)21)5-10(12)17;15-13-9-5-1-2-6-10(9)14(16)12-8-4-3-7-11(12)13/h1-5,16-17H,(H,20,21);1-8H. The van der Waals surface area contributed by atoms with E-state index in [-0.39, 0.29) is 45.1 Å². The Hall–Kier alpha value is -5.37. The van der Waals surface area contributed by atoms with Crippen LogP contribution < -0.4 is 0 Å².